The molecule has 0 aliphatic heterocycles. The van der Waals surface area contributed by atoms with E-state index in [0.717, 1.165) is 0 Å². The van der Waals surface area contributed by atoms with Crippen molar-refractivity contribution in [3.8, 4) is 0 Å². The molecule has 0 radical (unpaired) electrons. The van der Waals surface area contributed by atoms with Gasteiger partial charge in [0.25, 0.3) is 0 Å². The molecule has 0 saturated heterocycles. The number of fused-ring (bicyclic) bond motifs is 1. The minimum atomic E-state index is 0.423. The summed E-state index contributed by atoms with van der Waals surface area (Å²) in [6.07, 6.45) is 5.18. The van der Waals surface area contributed by atoms with Crippen molar-refractivity contribution in [3.63, 3.8) is 0 Å². The predicted octanol–water partition coefficient (Wildman–Crippen LogP) is 2.98. The number of hydrogen-bond donors (Lipinski definition) is 1. The quantitative estimate of drug-likeness (QED) is 0.885. The number of likely N-dealkylation sites (N-methyl/N-ethyl adjacent to an activating group) is 1. The fraction of sp³-hybridized carbons (Fsp3) is 0.625. The summed E-state index contributed by atoms with van der Waals surface area (Å²) in [5.41, 5.74) is 10.3. The van der Waals surface area contributed by atoms with Gasteiger partial charge < -0.3 is 10.6 Å². The molecule has 1 aromatic rings. The summed E-state index contributed by atoms with van der Waals surface area (Å²) in [7, 11) is 2.17. The minimum absolute atomic E-state index is 0.423. The van der Waals surface area contributed by atoms with Crippen LogP contribution in [0.2, 0.25) is 0 Å². The Hall–Kier alpha value is -1.02. The van der Waals surface area contributed by atoms with E-state index in [2.05, 4.69) is 44.0 Å². The normalized spacial score (nSPS) is 16.5. The van der Waals surface area contributed by atoms with Crippen LogP contribution in [0.4, 0.5) is 5.69 Å². The Kier molecular flexibility index (Phi) is 4.28. The average molecular weight is 246 g/mol. The largest absolute Gasteiger partial charge is 0.370 e. The second-order valence-corrected chi connectivity index (χ2v) is 5.82. The monoisotopic (exact) mass is 246 g/mol. The van der Waals surface area contributed by atoms with Gasteiger partial charge in [-0.1, -0.05) is 19.9 Å². The van der Waals surface area contributed by atoms with Gasteiger partial charge in [-0.3, -0.25) is 0 Å². The lowest BCUT2D eigenvalue weighted by molar-refractivity contribution is 0.479. The standard InChI is InChI=1S/C16H26N2/c1-12(2)16(11-17)18(3)15-9-8-13-6-4-5-7-14(13)10-15/h8-10,12,16H,4-7,11,17H2,1-3H3. The van der Waals surface area contributed by atoms with Gasteiger partial charge in [0, 0.05) is 25.3 Å². The van der Waals surface area contributed by atoms with Crippen LogP contribution in [-0.2, 0) is 12.8 Å². The predicted molar refractivity (Wildman–Crippen MR) is 79.2 cm³/mol. The number of nitrogens with zero attached hydrogens (tertiary/aromatic N) is 1. The lowest BCUT2D eigenvalue weighted by Crippen LogP contribution is -2.41. The molecule has 1 aliphatic carbocycles. The van der Waals surface area contributed by atoms with Crippen molar-refractivity contribution >= 4 is 5.69 Å². The molecule has 1 aliphatic rings. The zero-order chi connectivity index (χ0) is 13.1. The molecule has 1 aromatic carbocycles. The Morgan fingerprint density at radius 1 is 1.17 bits per heavy atom. The Bertz CT molecular complexity index is 398. The van der Waals surface area contributed by atoms with Crippen molar-refractivity contribution < 1.29 is 0 Å². The van der Waals surface area contributed by atoms with E-state index in [1.165, 1.54) is 31.4 Å². The van der Waals surface area contributed by atoms with Gasteiger partial charge >= 0.3 is 0 Å². The smallest absolute Gasteiger partial charge is 0.0431 e. The van der Waals surface area contributed by atoms with Crippen molar-refractivity contribution in [1.29, 1.82) is 0 Å². The van der Waals surface area contributed by atoms with E-state index in [4.69, 9.17) is 5.73 Å². The number of rotatable bonds is 4. The number of nitrogens with two attached hydrogens (primary N) is 1. The Morgan fingerprint density at radius 3 is 2.44 bits per heavy atom. The van der Waals surface area contributed by atoms with Crippen molar-refractivity contribution in [2.45, 2.75) is 45.6 Å². The summed E-state index contributed by atoms with van der Waals surface area (Å²) in [6, 6.07) is 7.37. The number of anilines is 1. The van der Waals surface area contributed by atoms with Crippen LogP contribution in [0.1, 0.15) is 37.8 Å². The summed E-state index contributed by atoms with van der Waals surface area (Å²) >= 11 is 0. The molecular formula is C16H26N2. The van der Waals surface area contributed by atoms with E-state index in [0.29, 0.717) is 18.5 Å². The maximum absolute atomic E-state index is 5.91. The van der Waals surface area contributed by atoms with E-state index >= 15 is 0 Å². The van der Waals surface area contributed by atoms with Gasteiger partial charge in [0.2, 0.25) is 0 Å². The van der Waals surface area contributed by atoms with Gasteiger partial charge in [0.1, 0.15) is 0 Å². The number of hydrogen-bond acceptors (Lipinski definition) is 2. The molecule has 2 nitrogen and oxygen atoms in total. The first-order valence-electron chi connectivity index (χ1n) is 7.18. The van der Waals surface area contributed by atoms with Crippen LogP contribution >= 0.6 is 0 Å². The highest BCUT2D eigenvalue weighted by Crippen LogP contribution is 2.27. The fourth-order valence-corrected chi connectivity index (χ4v) is 3.01. The van der Waals surface area contributed by atoms with Crippen LogP contribution in [0.3, 0.4) is 0 Å². The lowest BCUT2D eigenvalue weighted by atomic mass is 9.91. The lowest BCUT2D eigenvalue weighted by Gasteiger charge is -2.33. The van der Waals surface area contributed by atoms with Crippen LogP contribution in [0.25, 0.3) is 0 Å². The van der Waals surface area contributed by atoms with Gasteiger partial charge in [-0.05, 0) is 54.9 Å². The van der Waals surface area contributed by atoms with Gasteiger partial charge in [-0.15, -0.1) is 0 Å². The molecule has 2 rings (SSSR count). The average Bonchev–Trinajstić information content (AvgIpc) is 2.38. The molecule has 0 fully saturated rings. The van der Waals surface area contributed by atoms with Crippen LogP contribution in [-0.4, -0.2) is 19.6 Å². The van der Waals surface area contributed by atoms with Gasteiger partial charge in [-0.25, -0.2) is 0 Å². The first-order chi connectivity index (χ1) is 8.63. The maximum atomic E-state index is 5.91. The third-order valence-corrected chi connectivity index (χ3v) is 4.25. The molecule has 1 atom stereocenters. The molecule has 0 spiro atoms. The molecule has 0 aromatic heterocycles. The first-order valence-corrected chi connectivity index (χ1v) is 7.18. The molecule has 18 heavy (non-hydrogen) atoms. The molecular weight excluding hydrogens is 220 g/mol. The van der Waals surface area contributed by atoms with E-state index in [9.17, 15) is 0 Å². The van der Waals surface area contributed by atoms with Crippen LogP contribution < -0.4 is 10.6 Å². The van der Waals surface area contributed by atoms with Crippen molar-refractivity contribution in [2.24, 2.45) is 11.7 Å². The third-order valence-electron chi connectivity index (χ3n) is 4.25. The molecule has 2 N–H and O–H groups in total. The zero-order valence-corrected chi connectivity index (χ0v) is 11.9. The summed E-state index contributed by atoms with van der Waals surface area (Å²) < 4.78 is 0. The fourth-order valence-electron chi connectivity index (χ4n) is 3.01. The first kappa shape index (κ1) is 13.4. The van der Waals surface area contributed by atoms with Crippen molar-refractivity contribution in [1.82, 2.24) is 0 Å². The third kappa shape index (κ3) is 2.69. The molecule has 0 bridgehead atoms. The number of benzene rings is 1. The second-order valence-electron chi connectivity index (χ2n) is 5.82. The maximum Gasteiger partial charge on any atom is 0.0431 e. The Morgan fingerprint density at radius 2 is 1.83 bits per heavy atom. The van der Waals surface area contributed by atoms with Crippen LogP contribution in [0.5, 0.6) is 0 Å². The highest BCUT2D eigenvalue weighted by atomic mass is 15.1. The Labute approximate surface area is 111 Å². The SMILES string of the molecule is CC(C)C(CN)N(C)c1ccc2c(c1)CCCC2. The van der Waals surface area contributed by atoms with Crippen molar-refractivity contribution in [3.05, 3.63) is 29.3 Å². The van der Waals surface area contributed by atoms with E-state index < -0.39 is 0 Å². The van der Waals surface area contributed by atoms with Crippen LogP contribution in [0, 0.1) is 5.92 Å². The van der Waals surface area contributed by atoms with E-state index in [-0.39, 0.29) is 0 Å². The molecule has 100 valence electrons. The van der Waals surface area contributed by atoms with Gasteiger partial charge in [0.05, 0.1) is 0 Å². The summed E-state index contributed by atoms with van der Waals surface area (Å²) in [6.45, 7) is 5.20. The number of aryl methyl sites for hydroxylation is 2. The highest BCUT2D eigenvalue weighted by molar-refractivity contribution is 5.52. The van der Waals surface area contributed by atoms with Gasteiger partial charge in [0.15, 0.2) is 0 Å². The van der Waals surface area contributed by atoms with Crippen molar-refractivity contribution in [2.75, 3.05) is 18.5 Å². The Balaban J connectivity index is 2.22. The second kappa shape index (κ2) is 5.75. The topological polar surface area (TPSA) is 29.3 Å². The summed E-state index contributed by atoms with van der Waals surface area (Å²) in [5.74, 6) is 0.580. The van der Waals surface area contributed by atoms with Crippen LogP contribution in [0.15, 0.2) is 18.2 Å². The molecule has 0 saturated carbocycles. The molecule has 0 heterocycles. The zero-order valence-electron chi connectivity index (χ0n) is 11.9. The molecule has 0 amide bonds. The highest BCUT2D eigenvalue weighted by Gasteiger charge is 2.18. The summed E-state index contributed by atoms with van der Waals surface area (Å²) in [5, 5.41) is 0. The van der Waals surface area contributed by atoms with Gasteiger partial charge in [-0.2, -0.15) is 0 Å². The van der Waals surface area contributed by atoms with E-state index in [1.807, 2.05) is 0 Å². The summed E-state index contributed by atoms with van der Waals surface area (Å²) in [4.78, 5) is 2.35. The van der Waals surface area contributed by atoms with E-state index in [1.54, 1.807) is 11.1 Å². The minimum Gasteiger partial charge on any atom is -0.370 e. The molecule has 2 heteroatoms. The molecule has 1 unspecified atom stereocenters.